The first kappa shape index (κ1) is 25.6. The smallest absolute Gasteiger partial charge is 0.318 e. The van der Waals surface area contributed by atoms with Crippen LogP contribution in [-0.4, -0.2) is 50.2 Å². The molecule has 4 unspecified atom stereocenters. The van der Waals surface area contributed by atoms with Gasteiger partial charge in [0, 0.05) is 35.6 Å². The number of carboxylic acid groups (broad SMARTS) is 1. The number of anilines is 2. The fourth-order valence-electron chi connectivity index (χ4n) is 5.71. The van der Waals surface area contributed by atoms with Gasteiger partial charge in [-0.2, -0.15) is 0 Å². The van der Waals surface area contributed by atoms with E-state index in [1.54, 1.807) is 0 Å². The van der Waals surface area contributed by atoms with Crippen molar-refractivity contribution in [2.24, 2.45) is 5.92 Å². The van der Waals surface area contributed by atoms with Crippen LogP contribution in [0.15, 0.2) is 47.4 Å². The second-order valence-electron chi connectivity index (χ2n) is 9.68. The first-order chi connectivity index (χ1) is 16.8. The van der Waals surface area contributed by atoms with Crippen LogP contribution in [0.2, 0.25) is 5.02 Å². The SMILES string of the molecule is CN1[C@H](C2CCCCC2)CN(c2ccccc2)c2cc(Cl)c(C3CC(Cl)C(C(=O)O)S3)cc2[S+]1[O-]. The van der Waals surface area contributed by atoms with Crippen LogP contribution in [0, 0.1) is 5.92 Å². The van der Waals surface area contributed by atoms with Crippen molar-refractivity contribution in [2.75, 3.05) is 18.5 Å². The number of carboxylic acids is 1. The fourth-order valence-corrected chi connectivity index (χ4v) is 9.42. The van der Waals surface area contributed by atoms with Gasteiger partial charge in [-0.15, -0.1) is 27.7 Å². The summed E-state index contributed by atoms with van der Waals surface area (Å²) >= 11 is 13.2. The summed E-state index contributed by atoms with van der Waals surface area (Å²) in [5.41, 5.74) is 2.72. The monoisotopic (exact) mass is 552 g/mol. The lowest BCUT2D eigenvalue weighted by atomic mass is 9.83. The molecule has 2 heterocycles. The number of thioether (sulfide) groups is 1. The second-order valence-corrected chi connectivity index (χ2v) is 13.5. The predicted octanol–water partition coefficient (Wildman–Crippen LogP) is 6.63. The van der Waals surface area contributed by atoms with Crippen LogP contribution in [-0.2, 0) is 16.2 Å². The Kier molecular flexibility index (Phi) is 7.83. The van der Waals surface area contributed by atoms with E-state index in [1.807, 2.05) is 41.7 Å². The Bertz CT molecular complexity index is 1070. The highest BCUT2D eigenvalue weighted by Crippen LogP contribution is 2.51. The maximum absolute atomic E-state index is 14.0. The van der Waals surface area contributed by atoms with Crippen molar-refractivity contribution in [2.45, 2.75) is 65.3 Å². The number of hydrogen-bond acceptors (Lipinski definition) is 5. The Morgan fingerprint density at radius 3 is 2.54 bits per heavy atom. The zero-order valence-electron chi connectivity index (χ0n) is 19.6. The number of likely N-dealkylation sites (N-methyl/N-ethyl adjacent to an activating group) is 1. The number of aliphatic carboxylic acids is 1. The lowest BCUT2D eigenvalue weighted by molar-refractivity contribution is -0.136. The molecule has 9 heteroatoms. The van der Waals surface area contributed by atoms with Crippen LogP contribution < -0.4 is 4.90 Å². The van der Waals surface area contributed by atoms with Gasteiger partial charge in [-0.25, -0.2) is 0 Å². The van der Waals surface area contributed by atoms with Crippen LogP contribution >= 0.6 is 35.0 Å². The lowest BCUT2D eigenvalue weighted by Gasteiger charge is -2.36. The average molecular weight is 554 g/mol. The second kappa shape index (κ2) is 10.7. The number of nitrogens with zero attached hydrogens (tertiary/aromatic N) is 2. The quantitative estimate of drug-likeness (QED) is 0.339. The summed E-state index contributed by atoms with van der Waals surface area (Å²) in [6, 6.07) is 14.2. The van der Waals surface area contributed by atoms with E-state index in [0.717, 1.165) is 41.2 Å². The van der Waals surface area contributed by atoms with Gasteiger partial charge in [0.1, 0.15) is 10.9 Å². The molecule has 0 bridgehead atoms. The van der Waals surface area contributed by atoms with Crippen LogP contribution in [0.5, 0.6) is 0 Å². The minimum atomic E-state index is -1.37. The molecule has 1 saturated heterocycles. The molecule has 2 aromatic rings. The van der Waals surface area contributed by atoms with Crippen molar-refractivity contribution < 1.29 is 14.5 Å². The normalized spacial score (nSPS) is 30.2. The third-order valence-electron chi connectivity index (χ3n) is 7.59. The van der Waals surface area contributed by atoms with Crippen molar-refractivity contribution in [3.63, 3.8) is 0 Å². The van der Waals surface area contributed by atoms with E-state index in [-0.39, 0.29) is 11.3 Å². The predicted molar refractivity (Wildman–Crippen MR) is 145 cm³/mol. The van der Waals surface area contributed by atoms with E-state index in [4.69, 9.17) is 23.2 Å². The highest BCUT2D eigenvalue weighted by molar-refractivity contribution is 8.01. The molecule has 0 aromatic heterocycles. The van der Waals surface area contributed by atoms with E-state index >= 15 is 0 Å². The zero-order valence-corrected chi connectivity index (χ0v) is 22.8. The summed E-state index contributed by atoms with van der Waals surface area (Å²) in [4.78, 5) is 14.6. The molecule has 0 radical (unpaired) electrons. The number of fused-ring (bicyclic) bond motifs is 1. The van der Waals surface area contributed by atoms with Gasteiger partial charge in [-0.05, 0) is 48.9 Å². The number of carbonyl (C=O) groups is 1. The van der Waals surface area contributed by atoms with Crippen LogP contribution in [0.1, 0.15) is 49.3 Å². The summed E-state index contributed by atoms with van der Waals surface area (Å²) in [5.74, 6) is -0.413. The number of para-hydroxylation sites is 1. The summed E-state index contributed by atoms with van der Waals surface area (Å²) in [6.45, 7) is 0.739. The molecule has 3 aliphatic rings. The topological polar surface area (TPSA) is 66.8 Å². The summed E-state index contributed by atoms with van der Waals surface area (Å²) in [7, 11) is 1.97. The maximum atomic E-state index is 14.0. The first-order valence-electron chi connectivity index (χ1n) is 12.2. The number of alkyl halides is 1. The van der Waals surface area contributed by atoms with Gasteiger partial charge < -0.3 is 14.6 Å². The maximum Gasteiger partial charge on any atom is 0.318 e. The van der Waals surface area contributed by atoms with Gasteiger partial charge in [0.05, 0.1) is 22.8 Å². The number of rotatable bonds is 4. The minimum absolute atomic E-state index is 0.149. The lowest BCUT2D eigenvalue weighted by Crippen LogP contribution is -2.46. The molecule has 2 aromatic carbocycles. The molecule has 35 heavy (non-hydrogen) atoms. The van der Waals surface area contributed by atoms with Gasteiger partial charge >= 0.3 is 5.97 Å². The molecule has 1 saturated carbocycles. The van der Waals surface area contributed by atoms with Crippen molar-refractivity contribution in [1.82, 2.24) is 4.31 Å². The van der Waals surface area contributed by atoms with E-state index < -0.39 is 28.0 Å². The van der Waals surface area contributed by atoms with Crippen LogP contribution in [0.3, 0.4) is 0 Å². The van der Waals surface area contributed by atoms with Crippen LogP contribution in [0.25, 0.3) is 0 Å². The van der Waals surface area contributed by atoms with Gasteiger partial charge in [0.25, 0.3) is 0 Å². The van der Waals surface area contributed by atoms with Gasteiger partial charge in [-0.1, -0.05) is 49.1 Å². The molecule has 0 spiro atoms. The molecule has 2 aliphatic heterocycles. The molecule has 1 aliphatic carbocycles. The van der Waals surface area contributed by atoms with E-state index in [2.05, 4.69) is 17.0 Å². The zero-order chi connectivity index (χ0) is 24.7. The Morgan fingerprint density at radius 2 is 1.89 bits per heavy atom. The molecule has 2 fully saturated rings. The number of hydrogen-bond donors (Lipinski definition) is 1. The van der Waals surface area contributed by atoms with Gasteiger partial charge in [0.2, 0.25) is 0 Å². The molecular weight excluding hydrogens is 523 g/mol. The highest BCUT2D eigenvalue weighted by Gasteiger charge is 2.44. The molecule has 5 atom stereocenters. The summed E-state index contributed by atoms with van der Waals surface area (Å²) in [5, 5.41) is 8.80. The van der Waals surface area contributed by atoms with Crippen molar-refractivity contribution >= 4 is 63.7 Å². The highest BCUT2D eigenvalue weighted by atomic mass is 35.5. The number of halogens is 2. The Balaban J connectivity index is 1.57. The van der Waals surface area contributed by atoms with E-state index in [0.29, 0.717) is 17.4 Å². The van der Waals surface area contributed by atoms with Crippen molar-refractivity contribution in [3.05, 3.63) is 53.1 Å². The fraction of sp³-hybridized carbons (Fsp3) is 0.500. The van der Waals surface area contributed by atoms with Crippen LogP contribution in [0.4, 0.5) is 11.4 Å². The first-order valence-corrected chi connectivity index (χ1v) is 15.0. The molecule has 188 valence electrons. The van der Waals surface area contributed by atoms with Crippen molar-refractivity contribution in [3.8, 4) is 0 Å². The minimum Gasteiger partial charge on any atom is -0.593 e. The molecule has 1 N–H and O–H groups in total. The standard InChI is InChI=1S/C26H30Cl2N2O3S2/c1-29-22(16-8-4-2-5-9-16)15-30(17-10-6-3-7-11-17)21-13-19(27)18(12-24(21)35(29)33)23-14-20(28)25(34-23)26(31)32/h3,6-7,10-13,16,20,22-23,25H,2,4-5,8-9,14-15H2,1H3,(H,31,32)/t20?,22-,23?,25?,35?/m0/s1. The molecule has 5 rings (SSSR count). The largest absolute Gasteiger partial charge is 0.593 e. The Labute approximate surface area is 224 Å². The third-order valence-corrected chi connectivity index (χ3v) is 11.6. The average Bonchev–Trinajstić information content (AvgIpc) is 3.22. The van der Waals surface area contributed by atoms with Gasteiger partial charge in [-0.3, -0.25) is 4.79 Å². The van der Waals surface area contributed by atoms with Gasteiger partial charge in [0.15, 0.2) is 4.90 Å². The molecule has 0 amide bonds. The molecular formula is C26H30Cl2N2O3S2. The van der Waals surface area contributed by atoms with E-state index in [9.17, 15) is 14.5 Å². The summed E-state index contributed by atoms with van der Waals surface area (Å²) in [6.07, 6.45) is 6.54. The Hall–Kier alpha value is -1.09. The number of benzene rings is 2. The third kappa shape index (κ3) is 5.05. The molecule has 5 nitrogen and oxygen atoms in total. The van der Waals surface area contributed by atoms with E-state index in [1.165, 1.54) is 31.0 Å². The summed E-state index contributed by atoms with van der Waals surface area (Å²) < 4.78 is 16.1. The van der Waals surface area contributed by atoms with Crippen molar-refractivity contribution in [1.29, 1.82) is 0 Å². The Morgan fingerprint density at radius 1 is 1.17 bits per heavy atom.